The van der Waals surface area contributed by atoms with Crippen molar-refractivity contribution >= 4 is 17.7 Å². The van der Waals surface area contributed by atoms with Crippen molar-refractivity contribution in [3.63, 3.8) is 0 Å². The standard InChI is InChI=1S/C13H16N2O2S/c1-10(16)15-12(7-14)9-18-8-11-3-5-13(17-2)6-4-11/h3-6,12H,8-9H2,1-2H3,(H,15,16)/t12-/m1/s1. The summed E-state index contributed by atoms with van der Waals surface area (Å²) >= 11 is 1.62. The first kappa shape index (κ1) is 14.4. The van der Waals surface area contributed by atoms with E-state index in [9.17, 15) is 4.79 Å². The molecule has 0 aliphatic rings. The average Bonchev–Trinajstić information content (AvgIpc) is 2.38. The summed E-state index contributed by atoms with van der Waals surface area (Å²) in [7, 11) is 1.63. The number of nitriles is 1. The lowest BCUT2D eigenvalue weighted by atomic mass is 10.2. The highest BCUT2D eigenvalue weighted by molar-refractivity contribution is 7.98. The predicted molar refractivity (Wildman–Crippen MR) is 72.4 cm³/mol. The van der Waals surface area contributed by atoms with Gasteiger partial charge in [-0.3, -0.25) is 4.79 Å². The van der Waals surface area contributed by atoms with Gasteiger partial charge in [0.05, 0.1) is 13.2 Å². The molecule has 0 radical (unpaired) electrons. The van der Waals surface area contributed by atoms with E-state index in [1.54, 1.807) is 18.9 Å². The highest BCUT2D eigenvalue weighted by Crippen LogP contribution is 2.16. The van der Waals surface area contributed by atoms with Gasteiger partial charge in [-0.2, -0.15) is 17.0 Å². The molecule has 0 aliphatic carbocycles. The number of nitrogens with one attached hydrogen (secondary N) is 1. The number of benzene rings is 1. The summed E-state index contributed by atoms with van der Waals surface area (Å²) in [6.07, 6.45) is 0. The van der Waals surface area contributed by atoms with Crippen molar-refractivity contribution in [2.24, 2.45) is 0 Å². The Morgan fingerprint density at radius 1 is 1.50 bits per heavy atom. The van der Waals surface area contributed by atoms with Crippen LogP contribution in [0, 0.1) is 11.3 Å². The van der Waals surface area contributed by atoms with Crippen molar-refractivity contribution in [2.45, 2.75) is 18.7 Å². The van der Waals surface area contributed by atoms with E-state index < -0.39 is 6.04 Å². The maximum absolute atomic E-state index is 10.8. The molecule has 0 bridgehead atoms. The molecule has 0 heterocycles. The average molecular weight is 264 g/mol. The van der Waals surface area contributed by atoms with Crippen LogP contribution in [-0.2, 0) is 10.5 Å². The lowest BCUT2D eigenvalue weighted by molar-refractivity contribution is -0.119. The fourth-order valence-corrected chi connectivity index (χ4v) is 2.31. The van der Waals surface area contributed by atoms with E-state index in [1.807, 2.05) is 24.3 Å². The molecule has 0 aromatic heterocycles. The van der Waals surface area contributed by atoms with Gasteiger partial charge >= 0.3 is 0 Å². The molecule has 1 aromatic rings. The van der Waals surface area contributed by atoms with E-state index >= 15 is 0 Å². The number of carbonyl (C=O) groups excluding carboxylic acids is 1. The van der Waals surface area contributed by atoms with Gasteiger partial charge in [0.2, 0.25) is 5.91 Å². The molecule has 4 nitrogen and oxygen atoms in total. The third-order valence-electron chi connectivity index (χ3n) is 2.25. The lowest BCUT2D eigenvalue weighted by Gasteiger charge is -2.09. The second kappa shape index (κ2) is 7.62. The molecule has 0 spiro atoms. The van der Waals surface area contributed by atoms with Crippen molar-refractivity contribution < 1.29 is 9.53 Å². The van der Waals surface area contributed by atoms with Gasteiger partial charge in [0.25, 0.3) is 0 Å². The number of hydrogen-bond donors (Lipinski definition) is 1. The van der Waals surface area contributed by atoms with Gasteiger partial charge in [-0.1, -0.05) is 12.1 Å². The Hall–Kier alpha value is -1.67. The Labute approximate surface area is 111 Å². The number of carbonyl (C=O) groups is 1. The van der Waals surface area contributed by atoms with Crippen LogP contribution in [0.5, 0.6) is 5.75 Å². The van der Waals surface area contributed by atoms with Crippen molar-refractivity contribution in [3.05, 3.63) is 29.8 Å². The van der Waals surface area contributed by atoms with Crippen LogP contribution in [0.2, 0.25) is 0 Å². The molecule has 96 valence electrons. The van der Waals surface area contributed by atoms with E-state index in [2.05, 4.69) is 11.4 Å². The molecular weight excluding hydrogens is 248 g/mol. The summed E-state index contributed by atoms with van der Waals surface area (Å²) in [5, 5.41) is 11.4. The van der Waals surface area contributed by atoms with E-state index in [-0.39, 0.29) is 5.91 Å². The topological polar surface area (TPSA) is 62.1 Å². The Morgan fingerprint density at radius 2 is 2.17 bits per heavy atom. The van der Waals surface area contributed by atoms with E-state index in [4.69, 9.17) is 10.00 Å². The number of nitrogens with zero attached hydrogens (tertiary/aromatic N) is 1. The first-order valence-corrected chi connectivity index (χ1v) is 6.68. The minimum absolute atomic E-state index is 0.174. The Morgan fingerprint density at radius 3 is 2.67 bits per heavy atom. The second-order valence-electron chi connectivity index (χ2n) is 3.75. The molecule has 18 heavy (non-hydrogen) atoms. The summed E-state index contributed by atoms with van der Waals surface area (Å²) < 4.78 is 5.08. The van der Waals surface area contributed by atoms with Crippen LogP contribution in [0.4, 0.5) is 0 Å². The third-order valence-corrected chi connectivity index (χ3v) is 3.35. The third kappa shape index (κ3) is 5.11. The van der Waals surface area contributed by atoms with Crippen LogP contribution in [0.3, 0.4) is 0 Å². The highest BCUT2D eigenvalue weighted by atomic mass is 32.2. The summed E-state index contributed by atoms with van der Waals surface area (Å²) in [6, 6.07) is 9.44. The fourth-order valence-electron chi connectivity index (χ4n) is 1.37. The normalized spacial score (nSPS) is 11.4. The number of methoxy groups -OCH3 is 1. The van der Waals surface area contributed by atoms with E-state index in [0.717, 1.165) is 11.5 Å². The number of ether oxygens (including phenoxy) is 1. The molecule has 0 unspecified atom stereocenters. The smallest absolute Gasteiger partial charge is 0.217 e. The van der Waals surface area contributed by atoms with Gasteiger partial charge in [-0.25, -0.2) is 0 Å². The summed E-state index contributed by atoms with van der Waals surface area (Å²) in [4.78, 5) is 10.8. The van der Waals surface area contributed by atoms with Crippen molar-refractivity contribution in [3.8, 4) is 11.8 Å². The van der Waals surface area contributed by atoms with Crippen LogP contribution in [-0.4, -0.2) is 24.8 Å². The number of amides is 1. The summed E-state index contributed by atoms with van der Waals surface area (Å²) in [6.45, 7) is 1.42. The zero-order valence-corrected chi connectivity index (χ0v) is 11.3. The van der Waals surface area contributed by atoms with Gasteiger partial charge in [-0.05, 0) is 17.7 Å². The predicted octanol–water partition coefficient (Wildman–Crippen LogP) is 1.96. The van der Waals surface area contributed by atoms with Crippen LogP contribution in [0.15, 0.2) is 24.3 Å². The second-order valence-corrected chi connectivity index (χ2v) is 4.78. The fraction of sp³-hybridized carbons (Fsp3) is 0.385. The maximum atomic E-state index is 10.8. The van der Waals surface area contributed by atoms with Gasteiger partial charge in [-0.15, -0.1) is 0 Å². The zero-order valence-electron chi connectivity index (χ0n) is 10.5. The molecule has 0 fully saturated rings. The molecule has 5 heteroatoms. The highest BCUT2D eigenvalue weighted by Gasteiger charge is 2.08. The minimum atomic E-state index is -0.425. The number of thioether (sulfide) groups is 1. The largest absolute Gasteiger partial charge is 0.497 e. The quantitative estimate of drug-likeness (QED) is 0.853. The van der Waals surface area contributed by atoms with Gasteiger partial charge in [0, 0.05) is 18.4 Å². The van der Waals surface area contributed by atoms with Gasteiger partial charge in [0.15, 0.2) is 0 Å². The van der Waals surface area contributed by atoms with Crippen LogP contribution < -0.4 is 10.1 Å². The number of rotatable bonds is 6. The van der Waals surface area contributed by atoms with Crippen molar-refractivity contribution in [1.29, 1.82) is 5.26 Å². The molecule has 1 amide bonds. The maximum Gasteiger partial charge on any atom is 0.217 e. The number of hydrogen-bond acceptors (Lipinski definition) is 4. The molecule has 0 aliphatic heterocycles. The van der Waals surface area contributed by atoms with Crippen molar-refractivity contribution in [2.75, 3.05) is 12.9 Å². The molecular formula is C13H16N2O2S. The molecule has 1 rings (SSSR count). The Kier molecular flexibility index (Phi) is 6.09. The van der Waals surface area contributed by atoms with Crippen LogP contribution >= 0.6 is 11.8 Å². The summed E-state index contributed by atoms with van der Waals surface area (Å²) in [5.74, 6) is 2.05. The summed E-state index contributed by atoms with van der Waals surface area (Å²) in [5.41, 5.74) is 1.17. The molecule has 0 saturated heterocycles. The molecule has 1 N–H and O–H groups in total. The first-order valence-electron chi connectivity index (χ1n) is 5.53. The van der Waals surface area contributed by atoms with Gasteiger partial charge < -0.3 is 10.1 Å². The Bertz CT molecular complexity index is 426. The van der Waals surface area contributed by atoms with Crippen LogP contribution in [0.25, 0.3) is 0 Å². The van der Waals surface area contributed by atoms with E-state index in [1.165, 1.54) is 12.5 Å². The molecule has 1 aromatic carbocycles. The van der Waals surface area contributed by atoms with Crippen molar-refractivity contribution in [1.82, 2.24) is 5.32 Å². The zero-order chi connectivity index (χ0) is 13.4. The molecule has 0 saturated carbocycles. The minimum Gasteiger partial charge on any atom is -0.497 e. The monoisotopic (exact) mass is 264 g/mol. The van der Waals surface area contributed by atoms with Crippen LogP contribution in [0.1, 0.15) is 12.5 Å². The molecule has 1 atom stereocenters. The van der Waals surface area contributed by atoms with Gasteiger partial charge in [0.1, 0.15) is 11.8 Å². The SMILES string of the molecule is COc1ccc(CSC[C@@H](C#N)NC(C)=O)cc1. The van der Waals surface area contributed by atoms with E-state index in [0.29, 0.717) is 5.75 Å². The Balaban J connectivity index is 2.36. The lowest BCUT2D eigenvalue weighted by Crippen LogP contribution is -2.33. The first-order chi connectivity index (χ1) is 8.65.